The molecule has 0 bridgehead atoms. The Bertz CT molecular complexity index is 1120. The van der Waals surface area contributed by atoms with E-state index in [0.29, 0.717) is 19.6 Å². The number of nitrogens with zero attached hydrogens (tertiary/aromatic N) is 2. The van der Waals surface area contributed by atoms with E-state index in [1.165, 1.54) is 12.1 Å². The number of ether oxygens (including phenoxy) is 1. The number of amides is 2. The van der Waals surface area contributed by atoms with Crippen molar-refractivity contribution in [2.24, 2.45) is 11.3 Å². The van der Waals surface area contributed by atoms with Crippen LogP contribution in [0.4, 0.5) is 13.2 Å². The Morgan fingerprint density at radius 3 is 2.36 bits per heavy atom. The van der Waals surface area contributed by atoms with Crippen molar-refractivity contribution in [2.75, 3.05) is 39.4 Å². The first-order chi connectivity index (χ1) is 16.9. The molecule has 36 heavy (non-hydrogen) atoms. The Morgan fingerprint density at radius 1 is 1.14 bits per heavy atom. The number of hydrogen-bond acceptors (Lipinski definition) is 6. The largest absolute Gasteiger partial charge is 0.501 e. The van der Waals surface area contributed by atoms with E-state index in [-0.39, 0.29) is 36.7 Å². The van der Waals surface area contributed by atoms with E-state index in [1.807, 2.05) is 4.90 Å². The molecule has 5 rings (SSSR count). The summed E-state index contributed by atoms with van der Waals surface area (Å²) in [7, 11) is -5.33. The standard InChI is InChI=1S/C24H30F3N3O5S.H2/c25-24(26,27)36(33,34)19-3-1-17(2-4-19)12-29-7-5-22(6-8-29)14-30(15-22)21(32)9-18-10-23(11-18)16-35-13-20(31)28-23;/h1-4,18H,5-16H2,(H,28,31);1H. The normalized spacial score (nSPS) is 28.5. The highest BCUT2D eigenvalue weighted by Crippen LogP contribution is 2.44. The lowest BCUT2D eigenvalue weighted by Crippen LogP contribution is -2.65. The molecule has 0 unspecified atom stereocenters. The molecule has 12 heteroatoms. The van der Waals surface area contributed by atoms with Crippen molar-refractivity contribution in [3.8, 4) is 0 Å². The van der Waals surface area contributed by atoms with Gasteiger partial charge in [0.05, 0.1) is 17.0 Å². The highest BCUT2D eigenvalue weighted by atomic mass is 32.2. The Morgan fingerprint density at radius 2 is 1.78 bits per heavy atom. The number of morpholine rings is 1. The minimum Gasteiger partial charge on any atom is -0.369 e. The molecule has 4 fully saturated rings. The number of benzene rings is 1. The third-order valence-corrected chi connectivity index (χ3v) is 9.61. The molecular formula is C24H32F3N3O5S. The lowest BCUT2D eigenvalue weighted by molar-refractivity contribution is -0.151. The van der Waals surface area contributed by atoms with Crippen LogP contribution < -0.4 is 5.32 Å². The van der Waals surface area contributed by atoms with Gasteiger partial charge in [0.1, 0.15) is 6.61 Å². The zero-order valence-electron chi connectivity index (χ0n) is 19.8. The third kappa shape index (κ3) is 4.87. The van der Waals surface area contributed by atoms with E-state index in [1.54, 1.807) is 0 Å². The topological polar surface area (TPSA) is 96.0 Å². The second-order valence-corrected chi connectivity index (χ2v) is 12.9. The van der Waals surface area contributed by atoms with Crippen molar-refractivity contribution in [3.05, 3.63) is 29.8 Å². The lowest BCUT2D eigenvalue weighted by Gasteiger charge is -2.55. The van der Waals surface area contributed by atoms with Crippen LogP contribution in [0.3, 0.4) is 0 Å². The van der Waals surface area contributed by atoms with Gasteiger partial charge in [-0.1, -0.05) is 12.1 Å². The average Bonchev–Trinajstić information content (AvgIpc) is 2.77. The van der Waals surface area contributed by atoms with Gasteiger partial charge in [-0.2, -0.15) is 13.2 Å². The molecular weight excluding hydrogens is 499 g/mol. The van der Waals surface area contributed by atoms with E-state index < -0.39 is 20.2 Å². The minimum atomic E-state index is -5.33. The fraction of sp³-hybridized carbons (Fsp3) is 0.667. The molecule has 3 aliphatic heterocycles. The summed E-state index contributed by atoms with van der Waals surface area (Å²) >= 11 is 0. The molecule has 4 aliphatic rings. The number of halogens is 3. The fourth-order valence-corrected chi connectivity index (χ4v) is 6.86. The maximum Gasteiger partial charge on any atom is 0.501 e. The summed E-state index contributed by atoms with van der Waals surface area (Å²) in [5, 5.41) is 3.01. The summed E-state index contributed by atoms with van der Waals surface area (Å²) in [5.41, 5.74) is -4.70. The summed E-state index contributed by atoms with van der Waals surface area (Å²) in [6.07, 6.45) is 3.93. The molecule has 1 saturated carbocycles. The van der Waals surface area contributed by atoms with Gasteiger partial charge >= 0.3 is 5.51 Å². The van der Waals surface area contributed by atoms with E-state index in [2.05, 4.69) is 10.2 Å². The number of sulfone groups is 1. The van der Waals surface area contributed by atoms with Crippen molar-refractivity contribution >= 4 is 21.7 Å². The van der Waals surface area contributed by atoms with E-state index in [0.717, 1.165) is 69.6 Å². The number of rotatable bonds is 5. The molecule has 0 aromatic heterocycles. The molecule has 1 N–H and O–H groups in total. The second kappa shape index (κ2) is 8.98. The van der Waals surface area contributed by atoms with Gasteiger partial charge in [-0.25, -0.2) is 8.42 Å². The zero-order valence-corrected chi connectivity index (χ0v) is 20.7. The van der Waals surface area contributed by atoms with Crippen molar-refractivity contribution in [2.45, 2.75) is 54.6 Å². The van der Waals surface area contributed by atoms with Crippen molar-refractivity contribution in [1.82, 2.24) is 15.1 Å². The number of piperidine rings is 1. The van der Waals surface area contributed by atoms with Crippen LogP contribution in [0.25, 0.3) is 0 Å². The number of hydrogen-bond donors (Lipinski definition) is 1. The van der Waals surface area contributed by atoms with Gasteiger partial charge in [0.2, 0.25) is 11.8 Å². The SMILES string of the molecule is O=C1COCC2(CC(CC(=O)N3CC4(CCN(Cc5ccc(S(=O)(=O)C(F)(F)F)cc5)CC4)C3)C2)N1.[HH]. The summed E-state index contributed by atoms with van der Waals surface area (Å²) in [6, 6.07) is 4.89. The van der Waals surface area contributed by atoms with E-state index >= 15 is 0 Å². The number of carbonyl (C=O) groups is 2. The van der Waals surface area contributed by atoms with Gasteiger partial charge in [-0.3, -0.25) is 14.5 Å². The highest BCUT2D eigenvalue weighted by molar-refractivity contribution is 7.92. The monoisotopic (exact) mass is 531 g/mol. The van der Waals surface area contributed by atoms with E-state index in [4.69, 9.17) is 4.74 Å². The molecule has 1 aromatic carbocycles. The number of nitrogens with one attached hydrogen (secondary N) is 1. The zero-order chi connectivity index (χ0) is 25.8. The molecule has 2 spiro atoms. The predicted molar refractivity (Wildman–Crippen MR) is 124 cm³/mol. The summed E-state index contributed by atoms with van der Waals surface area (Å²) < 4.78 is 66.5. The van der Waals surface area contributed by atoms with Gasteiger partial charge in [-0.05, 0) is 62.4 Å². The first-order valence-corrected chi connectivity index (χ1v) is 13.7. The number of alkyl halides is 3. The molecule has 0 radical (unpaired) electrons. The predicted octanol–water partition coefficient (Wildman–Crippen LogP) is 2.34. The van der Waals surface area contributed by atoms with E-state index in [9.17, 15) is 31.2 Å². The Balaban J connectivity index is 0.00000320. The molecule has 1 aliphatic carbocycles. The fourth-order valence-electron chi connectivity index (χ4n) is 6.10. The van der Waals surface area contributed by atoms with Gasteiger partial charge < -0.3 is 15.0 Å². The molecule has 200 valence electrons. The number of carbonyl (C=O) groups excluding carboxylic acids is 2. The maximum absolute atomic E-state index is 12.7. The lowest BCUT2D eigenvalue weighted by atomic mass is 9.66. The second-order valence-electron chi connectivity index (χ2n) is 10.9. The van der Waals surface area contributed by atoms with Crippen molar-refractivity contribution in [3.63, 3.8) is 0 Å². The van der Waals surface area contributed by atoms with Crippen LogP contribution in [0, 0.1) is 11.3 Å². The third-order valence-electron chi connectivity index (χ3n) is 8.10. The van der Waals surface area contributed by atoms with Crippen LogP contribution in [-0.2, 0) is 30.7 Å². The van der Waals surface area contributed by atoms with Crippen LogP contribution >= 0.6 is 0 Å². The van der Waals surface area contributed by atoms with Crippen molar-refractivity contribution in [1.29, 1.82) is 0 Å². The van der Waals surface area contributed by atoms with Crippen molar-refractivity contribution < 1.29 is 37.3 Å². The first kappa shape index (κ1) is 25.5. The molecule has 3 heterocycles. The summed E-state index contributed by atoms with van der Waals surface area (Å²) in [6.45, 7) is 4.29. The van der Waals surface area contributed by atoms with Gasteiger partial charge in [-0.15, -0.1) is 0 Å². The molecule has 3 saturated heterocycles. The van der Waals surface area contributed by atoms with Crippen LogP contribution in [0.15, 0.2) is 29.2 Å². The van der Waals surface area contributed by atoms with Crippen LogP contribution in [0.5, 0.6) is 0 Å². The Labute approximate surface area is 209 Å². The molecule has 0 atom stereocenters. The van der Waals surface area contributed by atoms with Gasteiger partial charge in [0.15, 0.2) is 0 Å². The number of likely N-dealkylation sites (tertiary alicyclic amines) is 2. The van der Waals surface area contributed by atoms with Crippen LogP contribution in [0.2, 0.25) is 0 Å². The minimum absolute atomic E-state index is 0. The molecule has 8 nitrogen and oxygen atoms in total. The smallest absolute Gasteiger partial charge is 0.369 e. The maximum atomic E-state index is 12.7. The van der Waals surface area contributed by atoms with Gasteiger partial charge in [0.25, 0.3) is 9.84 Å². The first-order valence-electron chi connectivity index (χ1n) is 12.2. The Kier molecular flexibility index (Phi) is 6.36. The quantitative estimate of drug-likeness (QED) is 0.627. The average molecular weight is 532 g/mol. The highest BCUT2D eigenvalue weighted by Gasteiger charge is 2.51. The van der Waals surface area contributed by atoms with Gasteiger partial charge in [0, 0.05) is 32.9 Å². The molecule has 2 amide bonds. The molecule has 1 aromatic rings. The Hall–Kier alpha value is -2.18. The summed E-state index contributed by atoms with van der Waals surface area (Å²) in [4.78, 5) is 27.7. The van der Waals surface area contributed by atoms with Crippen LogP contribution in [-0.4, -0.2) is 80.5 Å². The summed E-state index contributed by atoms with van der Waals surface area (Å²) in [5.74, 6) is 0.351. The van der Waals surface area contributed by atoms with Crippen LogP contribution in [0.1, 0.15) is 39.1 Å².